The number of carbonyl (C=O) groups excluding carboxylic acids is 5. The predicted octanol–water partition coefficient (Wildman–Crippen LogP) is 6.86. The number of ketones is 3. The Morgan fingerprint density at radius 2 is 1.51 bits per heavy atom. The Morgan fingerprint density at radius 3 is 2.18 bits per heavy atom. The van der Waals surface area contributed by atoms with Gasteiger partial charge in [0.15, 0.2) is 0 Å². The van der Waals surface area contributed by atoms with Crippen molar-refractivity contribution in [3.8, 4) is 0 Å². The third-order valence-corrected chi connectivity index (χ3v) is 14.3. The van der Waals surface area contributed by atoms with Gasteiger partial charge in [-0.05, 0) is 119 Å². The van der Waals surface area contributed by atoms with E-state index in [2.05, 4.69) is 19.9 Å². The van der Waals surface area contributed by atoms with Gasteiger partial charge in [0.2, 0.25) is 5.78 Å². The van der Waals surface area contributed by atoms with E-state index in [4.69, 9.17) is 23.7 Å². The highest BCUT2D eigenvalue weighted by Crippen LogP contribution is 2.35. The molecule has 0 aromatic heterocycles. The van der Waals surface area contributed by atoms with Crippen LogP contribution in [0.2, 0.25) is 0 Å². The lowest BCUT2D eigenvalue weighted by Gasteiger charge is -2.38. The summed E-state index contributed by atoms with van der Waals surface area (Å²) >= 11 is 0. The second kappa shape index (κ2) is 29.6. The van der Waals surface area contributed by atoms with E-state index in [1.807, 2.05) is 38.2 Å². The summed E-state index contributed by atoms with van der Waals surface area (Å²) in [5, 5.41) is 31.8. The summed E-state index contributed by atoms with van der Waals surface area (Å²) in [5.41, 5.74) is 1.50. The Hall–Kier alpha value is -3.37. The zero-order valence-corrected chi connectivity index (χ0v) is 42.2. The maximum atomic E-state index is 14.3. The lowest BCUT2D eigenvalue weighted by molar-refractivity contribution is -0.166. The lowest BCUT2D eigenvalue weighted by atomic mass is 9.78. The first kappa shape index (κ1) is 57.9. The number of hydrogen-bond acceptors (Lipinski definition) is 13. The van der Waals surface area contributed by atoms with E-state index >= 15 is 0 Å². The van der Waals surface area contributed by atoms with Gasteiger partial charge in [0.1, 0.15) is 24.0 Å². The smallest absolute Gasteiger partial charge is 0.329 e. The van der Waals surface area contributed by atoms with Crippen molar-refractivity contribution in [2.24, 2.45) is 35.5 Å². The summed E-state index contributed by atoms with van der Waals surface area (Å²) in [5.74, 6) is -5.26. The molecule has 0 bridgehead atoms. The molecule has 0 aromatic rings. The predicted molar refractivity (Wildman–Crippen MR) is 257 cm³/mol. The fourth-order valence-corrected chi connectivity index (χ4v) is 10.0. The van der Waals surface area contributed by atoms with Crippen LogP contribution in [0.25, 0.3) is 0 Å². The van der Waals surface area contributed by atoms with Crippen LogP contribution >= 0.6 is 0 Å². The first-order valence-corrected chi connectivity index (χ1v) is 24.8. The standard InChI is InChI=1S/C53H85NO13/c1-33-16-12-11-13-17-35(3)45(63-8)31-41(56)21-19-36(4)50(59)51(60)52(61)54-23-15-14-18-42(54)53(62)67-46(38(6)29-40-20-22-44(66-25-24-55)47(30-40)64-9)32-43(57)37(5)28-39(7)49(58)48(65-10)27-34(2)26-33/h11-13,16-17,28,33-34,36-38,40-42,44-49,55-56,58H,14-15,18-27,29-32H2,1-10H3/b13-11+,16-12+,35-17+,39-28+/t33-,34-,36-,37-,38-,40+,41+,42+,44-,45+,46+,47-,48+,49-/m1/s1. The van der Waals surface area contributed by atoms with Crippen molar-refractivity contribution in [3.63, 3.8) is 0 Å². The molecule has 3 aliphatic rings. The van der Waals surface area contributed by atoms with Gasteiger partial charge in [0.25, 0.3) is 11.7 Å². The molecule has 1 saturated heterocycles. The Morgan fingerprint density at radius 1 is 0.791 bits per heavy atom. The minimum atomic E-state index is -1.21. The quantitative estimate of drug-likeness (QED) is 0.123. The Bertz CT molecular complexity index is 1710. The molecule has 3 rings (SSSR count). The fourth-order valence-electron chi connectivity index (χ4n) is 10.0. The number of allylic oxidation sites excluding steroid dienone is 6. The number of methoxy groups -OCH3 is 3. The molecule has 1 amide bonds. The van der Waals surface area contributed by atoms with Crippen molar-refractivity contribution < 1.29 is 63.0 Å². The molecule has 1 saturated carbocycles. The summed E-state index contributed by atoms with van der Waals surface area (Å²) in [6.45, 7) is 13.5. The molecule has 0 aromatic carbocycles. The van der Waals surface area contributed by atoms with E-state index in [1.54, 1.807) is 48.2 Å². The van der Waals surface area contributed by atoms with Crippen molar-refractivity contribution in [2.75, 3.05) is 41.1 Å². The van der Waals surface area contributed by atoms with Crippen molar-refractivity contribution in [1.29, 1.82) is 0 Å². The van der Waals surface area contributed by atoms with Crippen molar-refractivity contribution in [3.05, 3.63) is 47.6 Å². The molecular formula is C53H85NO13. The highest BCUT2D eigenvalue weighted by molar-refractivity contribution is 6.63. The number of hydrogen-bond donors (Lipinski definition) is 3. The van der Waals surface area contributed by atoms with Gasteiger partial charge in [-0.3, -0.25) is 19.2 Å². The average molecular weight is 944 g/mol. The molecule has 14 atom stereocenters. The van der Waals surface area contributed by atoms with Crippen LogP contribution in [0.1, 0.15) is 132 Å². The third-order valence-electron chi connectivity index (χ3n) is 14.3. The number of rotatable bonds is 9. The van der Waals surface area contributed by atoms with E-state index in [-0.39, 0.29) is 99.6 Å². The van der Waals surface area contributed by atoms with Crippen LogP contribution in [-0.2, 0) is 47.7 Å². The molecule has 0 unspecified atom stereocenters. The second-order valence-corrected chi connectivity index (χ2v) is 19.9. The Balaban J connectivity index is 1.95. The third kappa shape index (κ3) is 18.5. The number of Topliss-reactive ketones (excluding diaryl/α,β-unsaturated/α-hetero) is 3. The summed E-state index contributed by atoms with van der Waals surface area (Å²) in [7, 11) is 4.78. The second-order valence-electron chi connectivity index (χ2n) is 19.9. The summed E-state index contributed by atoms with van der Waals surface area (Å²) in [6, 6.07) is -1.12. The highest BCUT2D eigenvalue weighted by atomic mass is 16.5. The zero-order valence-electron chi connectivity index (χ0n) is 42.2. The maximum Gasteiger partial charge on any atom is 0.329 e. The molecule has 67 heavy (non-hydrogen) atoms. The van der Waals surface area contributed by atoms with E-state index in [0.717, 1.165) is 23.3 Å². The molecular weight excluding hydrogens is 859 g/mol. The Kier molecular flexibility index (Phi) is 25.6. The molecule has 2 fully saturated rings. The number of carbonyl (C=O) groups is 5. The van der Waals surface area contributed by atoms with Gasteiger partial charge in [0.05, 0.1) is 43.7 Å². The van der Waals surface area contributed by atoms with E-state index in [1.165, 1.54) is 0 Å². The Labute approximate surface area is 400 Å². The molecule has 0 radical (unpaired) electrons. The SMILES string of the molecule is CO[C@H]1C[C@@H](O)CC[C@@H](C)C(=O)C(=O)C(=O)N2CCCC[C@H]2C(=O)O[C@H]([C@H](C)C[C@@H]2CC[C@@H](OCCO)[C@H](OC)C2)CC(=O)[C@H](C)/C=C(\C)[C@@H](O)[C@@H](OC)C[C@H](C)C[C@H](C)/C=C/C=C/C=C/1C. The van der Waals surface area contributed by atoms with E-state index < -0.39 is 65.7 Å². The summed E-state index contributed by atoms with van der Waals surface area (Å²) in [4.78, 5) is 70.4. The fraction of sp³-hybridized carbons (Fsp3) is 0.755. The average Bonchev–Trinajstić information content (AvgIpc) is 3.31. The van der Waals surface area contributed by atoms with E-state index in [9.17, 15) is 39.3 Å². The zero-order chi connectivity index (χ0) is 49.8. The van der Waals surface area contributed by atoms with Crippen LogP contribution in [0.5, 0.6) is 0 Å². The number of fused-ring (bicyclic) bond motifs is 1. The van der Waals surface area contributed by atoms with Crippen molar-refractivity contribution in [2.45, 2.75) is 181 Å². The van der Waals surface area contributed by atoms with Gasteiger partial charge in [-0.1, -0.05) is 71.1 Å². The number of piperidine rings is 1. The van der Waals surface area contributed by atoms with Crippen LogP contribution in [0.3, 0.4) is 0 Å². The van der Waals surface area contributed by atoms with Gasteiger partial charge in [-0.2, -0.15) is 0 Å². The van der Waals surface area contributed by atoms with Gasteiger partial charge >= 0.3 is 5.97 Å². The number of ether oxygens (including phenoxy) is 5. The van der Waals surface area contributed by atoms with Gasteiger partial charge in [0, 0.05) is 52.6 Å². The molecule has 380 valence electrons. The van der Waals surface area contributed by atoms with Gasteiger partial charge < -0.3 is 43.9 Å². The lowest BCUT2D eigenvalue weighted by Crippen LogP contribution is -2.53. The monoisotopic (exact) mass is 944 g/mol. The van der Waals surface area contributed by atoms with Gasteiger partial charge in [-0.15, -0.1) is 0 Å². The molecule has 2 heterocycles. The number of aliphatic hydroxyl groups is 3. The summed E-state index contributed by atoms with van der Waals surface area (Å²) < 4.78 is 29.4. The largest absolute Gasteiger partial charge is 0.460 e. The number of cyclic esters (lactones) is 1. The van der Waals surface area contributed by atoms with E-state index in [0.29, 0.717) is 44.1 Å². The summed E-state index contributed by atoms with van der Waals surface area (Å²) in [6.07, 6.45) is 13.9. The number of nitrogens with zero attached hydrogens (tertiary/aromatic N) is 1. The number of amides is 1. The van der Waals surface area contributed by atoms with Crippen LogP contribution in [0.4, 0.5) is 0 Å². The minimum absolute atomic E-state index is 0.0876. The first-order chi connectivity index (χ1) is 31.8. The molecule has 14 nitrogen and oxygen atoms in total. The van der Waals surface area contributed by atoms with Crippen LogP contribution < -0.4 is 0 Å². The maximum absolute atomic E-state index is 14.3. The topological polar surface area (TPSA) is 195 Å². The molecule has 3 N–H and O–H groups in total. The minimum Gasteiger partial charge on any atom is -0.460 e. The number of aliphatic hydroxyl groups excluding tert-OH is 3. The van der Waals surface area contributed by atoms with Crippen LogP contribution in [0, 0.1) is 35.5 Å². The van der Waals surface area contributed by atoms with Gasteiger partial charge in [-0.25, -0.2) is 4.79 Å². The van der Waals surface area contributed by atoms with Crippen molar-refractivity contribution in [1.82, 2.24) is 4.90 Å². The normalized spacial score (nSPS) is 36.9. The molecule has 0 spiro atoms. The van der Waals surface area contributed by atoms with Crippen molar-refractivity contribution >= 4 is 29.2 Å². The first-order valence-electron chi connectivity index (χ1n) is 24.8. The van der Waals surface area contributed by atoms with Crippen LogP contribution in [-0.4, -0.2) is 139 Å². The van der Waals surface area contributed by atoms with Crippen LogP contribution in [0.15, 0.2) is 47.6 Å². The molecule has 2 aliphatic heterocycles. The molecule has 14 heteroatoms. The molecule has 1 aliphatic carbocycles. The number of esters is 1. The highest BCUT2D eigenvalue weighted by Gasteiger charge is 2.41.